The minimum atomic E-state index is -0.213. The third kappa shape index (κ3) is 2.64. The Balaban J connectivity index is 1.94. The van der Waals surface area contributed by atoms with Gasteiger partial charge in [-0.25, -0.2) is 0 Å². The molecule has 0 atom stereocenters. The van der Waals surface area contributed by atoms with Crippen molar-refractivity contribution in [1.82, 2.24) is 5.32 Å². The summed E-state index contributed by atoms with van der Waals surface area (Å²) >= 11 is 5.22. The van der Waals surface area contributed by atoms with Crippen LogP contribution in [0.25, 0.3) is 6.08 Å². The number of amides is 1. The fourth-order valence-electron chi connectivity index (χ4n) is 2.13. The quantitative estimate of drug-likeness (QED) is 0.661. The average Bonchev–Trinajstić information content (AvgIpc) is 2.74. The van der Waals surface area contributed by atoms with Crippen LogP contribution < -0.4 is 10.2 Å². The molecule has 0 radical (unpaired) electrons. The number of hydrogen-bond donors (Lipinski definition) is 2. The van der Waals surface area contributed by atoms with Crippen LogP contribution in [0.15, 0.2) is 60.3 Å². The van der Waals surface area contributed by atoms with E-state index in [9.17, 15) is 9.90 Å². The zero-order valence-corrected chi connectivity index (χ0v) is 11.8. The molecule has 4 nitrogen and oxygen atoms in total. The van der Waals surface area contributed by atoms with E-state index in [0.717, 1.165) is 11.3 Å². The van der Waals surface area contributed by atoms with Gasteiger partial charge in [-0.2, -0.15) is 0 Å². The summed E-state index contributed by atoms with van der Waals surface area (Å²) in [6.07, 6.45) is 1.66. The van der Waals surface area contributed by atoms with Crippen molar-refractivity contribution in [1.29, 1.82) is 0 Å². The molecule has 3 rings (SSSR count). The van der Waals surface area contributed by atoms with Crippen LogP contribution in [0.2, 0.25) is 0 Å². The summed E-state index contributed by atoms with van der Waals surface area (Å²) in [6.45, 7) is 0. The molecule has 1 fully saturated rings. The number of phenols is 1. The maximum Gasteiger partial charge on any atom is 0.281 e. The molecule has 2 N–H and O–H groups in total. The first-order valence-corrected chi connectivity index (χ1v) is 6.77. The molecule has 1 amide bonds. The van der Waals surface area contributed by atoms with Gasteiger partial charge in [-0.05, 0) is 48.1 Å². The summed E-state index contributed by atoms with van der Waals surface area (Å²) in [5.41, 5.74) is 1.83. The number of thiocarbonyl (C=S) groups is 1. The van der Waals surface area contributed by atoms with Crippen molar-refractivity contribution in [2.45, 2.75) is 0 Å². The SMILES string of the molecule is O=C1C(=Cc2cccc(O)c2)NC(=S)N1c1ccccc1. The third-order valence-corrected chi connectivity index (χ3v) is 3.36. The molecule has 2 aromatic rings. The van der Waals surface area contributed by atoms with Crippen LogP contribution in [-0.2, 0) is 4.79 Å². The highest BCUT2D eigenvalue weighted by Gasteiger charge is 2.31. The Kier molecular flexibility index (Phi) is 3.41. The second-order valence-electron chi connectivity index (χ2n) is 4.56. The molecule has 1 aliphatic heterocycles. The molecule has 0 aliphatic carbocycles. The lowest BCUT2D eigenvalue weighted by Gasteiger charge is -2.13. The van der Waals surface area contributed by atoms with Crippen molar-refractivity contribution < 1.29 is 9.90 Å². The van der Waals surface area contributed by atoms with Crippen LogP contribution in [0.1, 0.15) is 5.56 Å². The summed E-state index contributed by atoms with van der Waals surface area (Å²) in [6, 6.07) is 15.9. The highest BCUT2D eigenvalue weighted by atomic mass is 32.1. The summed E-state index contributed by atoms with van der Waals surface area (Å²) < 4.78 is 0. The Morgan fingerprint density at radius 1 is 1.10 bits per heavy atom. The third-order valence-electron chi connectivity index (χ3n) is 3.07. The number of carbonyl (C=O) groups is 1. The molecule has 0 spiro atoms. The van der Waals surface area contributed by atoms with E-state index in [1.807, 2.05) is 30.3 Å². The molecule has 0 saturated carbocycles. The van der Waals surface area contributed by atoms with Gasteiger partial charge in [0.25, 0.3) is 5.91 Å². The molecule has 104 valence electrons. The number of hydrogen-bond acceptors (Lipinski definition) is 3. The van der Waals surface area contributed by atoms with Gasteiger partial charge in [0.05, 0.1) is 5.69 Å². The zero-order valence-electron chi connectivity index (χ0n) is 11.0. The van der Waals surface area contributed by atoms with Crippen LogP contribution in [-0.4, -0.2) is 16.1 Å². The first-order chi connectivity index (χ1) is 10.1. The van der Waals surface area contributed by atoms with Gasteiger partial charge >= 0.3 is 0 Å². The van der Waals surface area contributed by atoms with Crippen molar-refractivity contribution in [3.8, 4) is 5.75 Å². The van der Waals surface area contributed by atoms with Gasteiger partial charge in [0.1, 0.15) is 11.4 Å². The molecule has 21 heavy (non-hydrogen) atoms. The fourth-order valence-corrected chi connectivity index (χ4v) is 2.43. The minimum Gasteiger partial charge on any atom is -0.508 e. The second-order valence-corrected chi connectivity index (χ2v) is 4.95. The standard InChI is InChI=1S/C16H12N2O2S/c19-13-8-4-5-11(9-13)10-14-15(20)18(16(21)17-14)12-6-2-1-3-7-12/h1-10,19H,(H,17,21). The van der Waals surface area contributed by atoms with Crippen LogP contribution in [0.5, 0.6) is 5.75 Å². The highest BCUT2D eigenvalue weighted by molar-refractivity contribution is 7.80. The number of anilines is 1. The second kappa shape index (κ2) is 5.38. The molecule has 1 saturated heterocycles. The molecule has 5 heteroatoms. The predicted octanol–water partition coefficient (Wildman–Crippen LogP) is 2.65. The van der Waals surface area contributed by atoms with E-state index < -0.39 is 0 Å². The fraction of sp³-hybridized carbons (Fsp3) is 0. The molecule has 0 aromatic heterocycles. The highest BCUT2D eigenvalue weighted by Crippen LogP contribution is 2.22. The number of nitrogens with zero attached hydrogens (tertiary/aromatic N) is 1. The number of para-hydroxylation sites is 1. The molecular formula is C16H12N2O2S. The summed E-state index contributed by atoms with van der Waals surface area (Å²) in [7, 11) is 0. The molecule has 1 heterocycles. The van der Waals surface area contributed by atoms with Crippen LogP contribution in [0, 0.1) is 0 Å². The molecule has 2 aromatic carbocycles. The smallest absolute Gasteiger partial charge is 0.281 e. The van der Waals surface area contributed by atoms with E-state index in [1.54, 1.807) is 30.3 Å². The molecular weight excluding hydrogens is 284 g/mol. The van der Waals surface area contributed by atoms with E-state index in [2.05, 4.69) is 5.32 Å². The Morgan fingerprint density at radius 3 is 2.57 bits per heavy atom. The lowest BCUT2D eigenvalue weighted by molar-refractivity contribution is -0.113. The molecule has 1 aliphatic rings. The van der Waals surface area contributed by atoms with Crippen molar-refractivity contribution in [3.63, 3.8) is 0 Å². The Labute approximate surface area is 127 Å². The summed E-state index contributed by atoms with van der Waals surface area (Å²) in [4.78, 5) is 13.9. The number of aromatic hydroxyl groups is 1. The van der Waals surface area contributed by atoms with Gasteiger partial charge in [-0.3, -0.25) is 9.69 Å². The van der Waals surface area contributed by atoms with Gasteiger partial charge in [0, 0.05) is 0 Å². The van der Waals surface area contributed by atoms with E-state index in [1.165, 1.54) is 4.90 Å². The number of nitrogens with one attached hydrogen (secondary N) is 1. The summed E-state index contributed by atoms with van der Waals surface area (Å²) in [5, 5.41) is 12.7. The number of rotatable bonds is 2. The minimum absolute atomic E-state index is 0.150. The zero-order chi connectivity index (χ0) is 14.8. The lowest BCUT2D eigenvalue weighted by atomic mass is 10.2. The van der Waals surface area contributed by atoms with Crippen LogP contribution >= 0.6 is 12.2 Å². The number of phenolic OH excluding ortho intramolecular Hbond substituents is 1. The van der Waals surface area contributed by atoms with Crippen LogP contribution in [0.3, 0.4) is 0 Å². The van der Waals surface area contributed by atoms with E-state index in [-0.39, 0.29) is 11.7 Å². The van der Waals surface area contributed by atoms with Crippen molar-refractivity contribution in [2.75, 3.05) is 4.90 Å². The number of carbonyl (C=O) groups excluding carboxylic acids is 1. The average molecular weight is 296 g/mol. The molecule has 0 unspecified atom stereocenters. The van der Waals surface area contributed by atoms with Gasteiger partial charge < -0.3 is 10.4 Å². The van der Waals surface area contributed by atoms with E-state index in [0.29, 0.717) is 10.8 Å². The monoisotopic (exact) mass is 296 g/mol. The summed E-state index contributed by atoms with van der Waals surface area (Å²) in [5.74, 6) is -0.0631. The van der Waals surface area contributed by atoms with Crippen molar-refractivity contribution in [2.24, 2.45) is 0 Å². The Bertz CT molecular complexity index is 741. The maximum atomic E-state index is 12.5. The maximum absolute atomic E-state index is 12.5. The Hall–Kier alpha value is -2.66. The lowest BCUT2D eigenvalue weighted by Crippen LogP contribution is -2.30. The first kappa shape index (κ1) is 13.3. The predicted molar refractivity (Wildman–Crippen MR) is 85.7 cm³/mol. The largest absolute Gasteiger partial charge is 0.508 e. The van der Waals surface area contributed by atoms with Gasteiger partial charge in [0.15, 0.2) is 5.11 Å². The topological polar surface area (TPSA) is 52.6 Å². The van der Waals surface area contributed by atoms with Crippen molar-refractivity contribution >= 4 is 35.0 Å². The number of benzene rings is 2. The van der Waals surface area contributed by atoms with Gasteiger partial charge in [0.2, 0.25) is 0 Å². The first-order valence-electron chi connectivity index (χ1n) is 6.36. The van der Waals surface area contributed by atoms with Gasteiger partial charge in [-0.15, -0.1) is 0 Å². The molecule has 0 bridgehead atoms. The van der Waals surface area contributed by atoms with Crippen molar-refractivity contribution in [3.05, 3.63) is 65.9 Å². The van der Waals surface area contributed by atoms with E-state index in [4.69, 9.17) is 12.2 Å². The van der Waals surface area contributed by atoms with Gasteiger partial charge in [-0.1, -0.05) is 30.3 Å². The van der Waals surface area contributed by atoms with Crippen LogP contribution in [0.4, 0.5) is 5.69 Å². The normalized spacial score (nSPS) is 16.4. The van der Waals surface area contributed by atoms with E-state index >= 15 is 0 Å². The Morgan fingerprint density at radius 2 is 1.86 bits per heavy atom.